The second kappa shape index (κ2) is 5.52. The average Bonchev–Trinajstić information content (AvgIpc) is 1.87. The molecular weight excluding hydrogens is 142 g/mol. The molecule has 3 heteroatoms. The third-order valence-corrected chi connectivity index (χ3v) is 1.59. The average molecular weight is 161 g/mol. The van der Waals surface area contributed by atoms with Gasteiger partial charge in [0.2, 0.25) is 0 Å². The summed E-state index contributed by atoms with van der Waals surface area (Å²) in [6.07, 6.45) is 0.223. The first-order valence-corrected chi connectivity index (χ1v) is 3.98. The van der Waals surface area contributed by atoms with Crippen LogP contribution < -0.4 is 5.73 Å². The third-order valence-electron chi connectivity index (χ3n) is 1.59. The first-order valence-electron chi connectivity index (χ1n) is 3.98. The van der Waals surface area contributed by atoms with E-state index in [-0.39, 0.29) is 18.2 Å². The Labute approximate surface area is 68.9 Å². The Morgan fingerprint density at radius 1 is 1.27 bits per heavy atom. The van der Waals surface area contributed by atoms with Crippen LogP contribution in [0.1, 0.15) is 20.8 Å². The fourth-order valence-corrected chi connectivity index (χ4v) is 0.764. The molecule has 0 heterocycles. The summed E-state index contributed by atoms with van der Waals surface area (Å²) in [6.45, 7) is 6.50. The van der Waals surface area contributed by atoms with Gasteiger partial charge in [0.25, 0.3) is 0 Å². The summed E-state index contributed by atoms with van der Waals surface area (Å²) < 4.78 is 10.4. The molecule has 0 aromatic rings. The Morgan fingerprint density at radius 3 is 2.18 bits per heavy atom. The van der Waals surface area contributed by atoms with Gasteiger partial charge >= 0.3 is 0 Å². The van der Waals surface area contributed by atoms with Crippen LogP contribution in [-0.4, -0.2) is 32.0 Å². The summed E-state index contributed by atoms with van der Waals surface area (Å²) in [4.78, 5) is 0. The van der Waals surface area contributed by atoms with Gasteiger partial charge in [-0.2, -0.15) is 0 Å². The molecule has 3 nitrogen and oxygen atoms in total. The van der Waals surface area contributed by atoms with Crippen LogP contribution in [0.15, 0.2) is 0 Å². The lowest BCUT2D eigenvalue weighted by Crippen LogP contribution is -2.35. The first kappa shape index (κ1) is 10.9. The molecule has 0 aliphatic carbocycles. The van der Waals surface area contributed by atoms with Gasteiger partial charge in [-0.3, -0.25) is 0 Å². The van der Waals surface area contributed by atoms with Crippen LogP contribution >= 0.6 is 0 Å². The maximum Gasteiger partial charge on any atom is 0.0784 e. The van der Waals surface area contributed by atoms with E-state index in [4.69, 9.17) is 15.2 Å². The van der Waals surface area contributed by atoms with E-state index in [1.165, 1.54) is 0 Å². The molecule has 0 radical (unpaired) electrons. The van der Waals surface area contributed by atoms with Gasteiger partial charge in [0.05, 0.1) is 18.8 Å². The van der Waals surface area contributed by atoms with Crippen molar-refractivity contribution in [1.82, 2.24) is 0 Å². The van der Waals surface area contributed by atoms with Gasteiger partial charge in [-0.15, -0.1) is 0 Å². The van der Waals surface area contributed by atoms with Gasteiger partial charge in [-0.05, 0) is 20.8 Å². The van der Waals surface area contributed by atoms with Crippen molar-refractivity contribution >= 4 is 0 Å². The van der Waals surface area contributed by atoms with Crippen molar-refractivity contribution in [2.45, 2.75) is 39.0 Å². The topological polar surface area (TPSA) is 44.5 Å². The van der Waals surface area contributed by atoms with E-state index in [1.54, 1.807) is 7.11 Å². The summed E-state index contributed by atoms with van der Waals surface area (Å²) >= 11 is 0. The van der Waals surface area contributed by atoms with Crippen molar-refractivity contribution in [3.8, 4) is 0 Å². The standard InChI is InChI=1S/C8H19NO2/c1-6(5-10-4)11-8(3)7(2)9/h6-8H,5,9H2,1-4H3/t6?,7-,8?/m0/s1. The zero-order chi connectivity index (χ0) is 8.85. The van der Waals surface area contributed by atoms with Crippen molar-refractivity contribution in [3.05, 3.63) is 0 Å². The SMILES string of the molecule is COCC(C)OC(C)[C@H](C)N. The summed E-state index contributed by atoms with van der Waals surface area (Å²) in [5.74, 6) is 0. The lowest BCUT2D eigenvalue weighted by Gasteiger charge is -2.21. The zero-order valence-electron chi connectivity index (χ0n) is 7.83. The maximum absolute atomic E-state index is 5.61. The van der Waals surface area contributed by atoms with E-state index in [2.05, 4.69) is 0 Å². The van der Waals surface area contributed by atoms with Crippen molar-refractivity contribution in [1.29, 1.82) is 0 Å². The van der Waals surface area contributed by atoms with E-state index in [0.717, 1.165) is 0 Å². The van der Waals surface area contributed by atoms with E-state index < -0.39 is 0 Å². The van der Waals surface area contributed by atoms with Gasteiger partial charge in [0.1, 0.15) is 0 Å². The largest absolute Gasteiger partial charge is 0.382 e. The highest BCUT2D eigenvalue weighted by molar-refractivity contribution is 4.64. The molecule has 0 amide bonds. The highest BCUT2D eigenvalue weighted by atomic mass is 16.5. The van der Waals surface area contributed by atoms with E-state index >= 15 is 0 Å². The highest BCUT2D eigenvalue weighted by Crippen LogP contribution is 2.00. The first-order chi connectivity index (χ1) is 5.07. The van der Waals surface area contributed by atoms with Gasteiger partial charge in [0, 0.05) is 13.2 Å². The van der Waals surface area contributed by atoms with Gasteiger partial charge in [0.15, 0.2) is 0 Å². The number of ether oxygens (including phenoxy) is 2. The molecule has 0 fully saturated rings. The van der Waals surface area contributed by atoms with Crippen molar-refractivity contribution in [2.24, 2.45) is 5.73 Å². The molecule has 0 bridgehead atoms. The fraction of sp³-hybridized carbons (Fsp3) is 1.00. The summed E-state index contributed by atoms with van der Waals surface area (Å²) in [7, 11) is 1.66. The quantitative estimate of drug-likeness (QED) is 0.648. The van der Waals surface area contributed by atoms with Crippen LogP contribution in [0.3, 0.4) is 0 Å². The van der Waals surface area contributed by atoms with Crippen molar-refractivity contribution < 1.29 is 9.47 Å². The third kappa shape index (κ3) is 5.18. The predicted molar refractivity (Wildman–Crippen MR) is 45.5 cm³/mol. The van der Waals surface area contributed by atoms with Gasteiger partial charge in [-0.25, -0.2) is 0 Å². The Balaban J connectivity index is 3.48. The second-order valence-electron chi connectivity index (χ2n) is 2.97. The van der Waals surface area contributed by atoms with Crippen LogP contribution in [0.25, 0.3) is 0 Å². The van der Waals surface area contributed by atoms with Gasteiger partial charge < -0.3 is 15.2 Å². The van der Waals surface area contributed by atoms with E-state index in [1.807, 2.05) is 20.8 Å². The summed E-state index contributed by atoms with van der Waals surface area (Å²) in [5.41, 5.74) is 5.61. The lowest BCUT2D eigenvalue weighted by molar-refractivity contribution is -0.0381. The Kier molecular flexibility index (Phi) is 5.46. The summed E-state index contributed by atoms with van der Waals surface area (Å²) in [5, 5.41) is 0. The number of rotatable bonds is 5. The van der Waals surface area contributed by atoms with Crippen LogP contribution in [0.2, 0.25) is 0 Å². The molecule has 0 aromatic carbocycles. The smallest absolute Gasteiger partial charge is 0.0784 e. The van der Waals surface area contributed by atoms with Gasteiger partial charge in [-0.1, -0.05) is 0 Å². The molecule has 0 saturated heterocycles. The zero-order valence-corrected chi connectivity index (χ0v) is 7.83. The monoisotopic (exact) mass is 161 g/mol. The number of hydrogen-bond donors (Lipinski definition) is 1. The normalized spacial score (nSPS) is 19.4. The van der Waals surface area contributed by atoms with Crippen LogP contribution in [-0.2, 0) is 9.47 Å². The van der Waals surface area contributed by atoms with Crippen LogP contribution in [0, 0.1) is 0 Å². The van der Waals surface area contributed by atoms with Crippen molar-refractivity contribution in [2.75, 3.05) is 13.7 Å². The minimum atomic E-state index is 0.0781. The molecule has 0 aliphatic heterocycles. The predicted octanol–water partition coefficient (Wildman–Crippen LogP) is 0.774. The lowest BCUT2D eigenvalue weighted by atomic mass is 10.2. The number of nitrogens with two attached hydrogens (primary N) is 1. The molecule has 0 saturated carbocycles. The van der Waals surface area contributed by atoms with E-state index in [0.29, 0.717) is 6.61 Å². The Morgan fingerprint density at radius 2 is 1.82 bits per heavy atom. The molecule has 11 heavy (non-hydrogen) atoms. The minimum absolute atomic E-state index is 0.0781. The minimum Gasteiger partial charge on any atom is -0.382 e. The molecule has 68 valence electrons. The molecular formula is C8H19NO2. The molecule has 0 aromatic heterocycles. The maximum atomic E-state index is 5.61. The molecule has 2 unspecified atom stereocenters. The Hall–Kier alpha value is -0.120. The molecule has 0 rings (SSSR count). The summed E-state index contributed by atoms with van der Waals surface area (Å²) in [6, 6.07) is 0.0781. The molecule has 3 atom stereocenters. The Bertz CT molecular complexity index is 96.1. The van der Waals surface area contributed by atoms with E-state index in [9.17, 15) is 0 Å². The number of methoxy groups -OCH3 is 1. The molecule has 0 spiro atoms. The van der Waals surface area contributed by atoms with Crippen LogP contribution in [0.5, 0.6) is 0 Å². The number of hydrogen-bond acceptors (Lipinski definition) is 3. The highest BCUT2D eigenvalue weighted by Gasteiger charge is 2.11. The molecule has 0 aliphatic rings. The fourth-order valence-electron chi connectivity index (χ4n) is 0.764. The molecule has 2 N–H and O–H groups in total. The van der Waals surface area contributed by atoms with Crippen LogP contribution in [0.4, 0.5) is 0 Å². The second-order valence-corrected chi connectivity index (χ2v) is 2.97. The van der Waals surface area contributed by atoms with Crippen molar-refractivity contribution in [3.63, 3.8) is 0 Å².